The Labute approximate surface area is 123 Å². The van der Waals surface area contributed by atoms with Crippen molar-refractivity contribution < 1.29 is 22.7 Å². The number of hydrogen-bond donors (Lipinski definition) is 1. The van der Waals surface area contributed by atoms with Gasteiger partial charge in [-0.1, -0.05) is 23.7 Å². The molecule has 0 spiro atoms. The fraction of sp³-hybridized carbons (Fsp3) is 0.0714. The van der Waals surface area contributed by atoms with Crippen LogP contribution in [0, 0.1) is 0 Å². The first kappa shape index (κ1) is 15.2. The summed E-state index contributed by atoms with van der Waals surface area (Å²) < 4.78 is 40.0. The lowest BCUT2D eigenvalue weighted by molar-refractivity contribution is -0.274. The van der Waals surface area contributed by atoms with Crippen molar-refractivity contribution >= 4 is 17.5 Å². The van der Waals surface area contributed by atoms with E-state index in [1.807, 2.05) is 0 Å². The number of hydrogen-bond acceptors (Lipinski definition) is 2. The summed E-state index contributed by atoms with van der Waals surface area (Å²) in [6, 6.07) is 9.70. The van der Waals surface area contributed by atoms with Gasteiger partial charge in [-0.15, -0.1) is 13.2 Å². The number of carbonyl (C=O) groups is 1. The summed E-state index contributed by atoms with van der Waals surface area (Å²) in [4.78, 5) is 11.2. The van der Waals surface area contributed by atoms with Crippen molar-refractivity contribution in [3.63, 3.8) is 0 Å². The molecule has 2 N–H and O–H groups in total. The lowest BCUT2D eigenvalue weighted by atomic mass is 10.0. The average molecular weight is 316 g/mol. The van der Waals surface area contributed by atoms with Gasteiger partial charge in [0.25, 0.3) is 0 Å². The summed E-state index contributed by atoms with van der Waals surface area (Å²) in [5.74, 6) is -0.973. The Bertz CT molecular complexity index is 669. The van der Waals surface area contributed by atoms with Crippen LogP contribution in [0.3, 0.4) is 0 Å². The molecule has 0 aromatic heterocycles. The van der Waals surface area contributed by atoms with Crippen LogP contribution >= 0.6 is 11.6 Å². The number of benzene rings is 2. The predicted molar refractivity (Wildman–Crippen MR) is 72.1 cm³/mol. The van der Waals surface area contributed by atoms with Gasteiger partial charge in [0.1, 0.15) is 5.75 Å². The van der Waals surface area contributed by atoms with E-state index in [1.54, 1.807) is 6.07 Å². The Morgan fingerprint density at radius 2 is 1.67 bits per heavy atom. The van der Waals surface area contributed by atoms with Crippen molar-refractivity contribution in [2.24, 2.45) is 5.73 Å². The molecule has 0 aliphatic heterocycles. The maximum Gasteiger partial charge on any atom is 0.573 e. The minimum Gasteiger partial charge on any atom is -0.406 e. The van der Waals surface area contributed by atoms with Gasteiger partial charge in [0.2, 0.25) is 5.91 Å². The molecule has 110 valence electrons. The number of rotatable bonds is 3. The second-order valence-electron chi connectivity index (χ2n) is 4.17. The summed E-state index contributed by atoms with van der Waals surface area (Å²) in [7, 11) is 0. The smallest absolute Gasteiger partial charge is 0.406 e. The molecule has 2 rings (SSSR count). The van der Waals surface area contributed by atoms with Gasteiger partial charge in [0.15, 0.2) is 0 Å². The Morgan fingerprint density at radius 3 is 2.19 bits per heavy atom. The average Bonchev–Trinajstić information content (AvgIpc) is 2.37. The largest absolute Gasteiger partial charge is 0.573 e. The highest BCUT2D eigenvalue weighted by Crippen LogP contribution is 2.28. The third-order valence-corrected chi connectivity index (χ3v) is 2.82. The van der Waals surface area contributed by atoms with Crippen molar-refractivity contribution in [2.45, 2.75) is 6.36 Å². The standard InChI is InChI=1S/C14H9ClF3NO2/c15-11-6-9(5-10(7-11)13(19)20)8-1-3-12(4-2-8)21-14(16,17)18/h1-7H,(H2,19,20). The van der Waals surface area contributed by atoms with E-state index < -0.39 is 12.3 Å². The Balaban J connectivity index is 2.32. The molecule has 0 radical (unpaired) electrons. The van der Waals surface area contributed by atoms with Gasteiger partial charge in [-0.05, 0) is 41.5 Å². The number of carbonyl (C=O) groups excluding carboxylic acids is 1. The topological polar surface area (TPSA) is 52.3 Å². The van der Waals surface area contributed by atoms with E-state index in [0.717, 1.165) is 0 Å². The zero-order valence-corrected chi connectivity index (χ0v) is 11.2. The van der Waals surface area contributed by atoms with E-state index in [-0.39, 0.29) is 11.3 Å². The quantitative estimate of drug-likeness (QED) is 0.930. The van der Waals surface area contributed by atoms with Crippen LogP contribution in [-0.4, -0.2) is 12.3 Å². The third kappa shape index (κ3) is 4.13. The molecule has 0 aliphatic rings. The van der Waals surface area contributed by atoms with E-state index in [1.165, 1.54) is 36.4 Å². The van der Waals surface area contributed by atoms with Crippen molar-refractivity contribution in [1.82, 2.24) is 0 Å². The van der Waals surface area contributed by atoms with E-state index in [0.29, 0.717) is 16.1 Å². The molecule has 0 unspecified atom stereocenters. The van der Waals surface area contributed by atoms with E-state index in [4.69, 9.17) is 17.3 Å². The summed E-state index contributed by atoms with van der Waals surface area (Å²) in [5, 5.41) is 0.303. The highest BCUT2D eigenvalue weighted by atomic mass is 35.5. The summed E-state index contributed by atoms with van der Waals surface area (Å²) >= 11 is 5.88. The van der Waals surface area contributed by atoms with Crippen molar-refractivity contribution in [2.75, 3.05) is 0 Å². The summed E-state index contributed by atoms with van der Waals surface area (Å²) in [6.45, 7) is 0. The number of amides is 1. The van der Waals surface area contributed by atoms with Crippen LogP contribution in [0.15, 0.2) is 42.5 Å². The molecule has 0 atom stereocenters. The Morgan fingerprint density at radius 1 is 1.05 bits per heavy atom. The lowest BCUT2D eigenvalue weighted by Gasteiger charge is -2.10. The molecule has 2 aromatic rings. The van der Waals surface area contributed by atoms with Gasteiger partial charge in [0, 0.05) is 10.6 Å². The van der Waals surface area contributed by atoms with Gasteiger partial charge >= 0.3 is 6.36 Å². The molecular formula is C14H9ClF3NO2. The van der Waals surface area contributed by atoms with Crippen LogP contribution in [0.2, 0.25) is 5.02 Å². The zero-order chi connectivity index (χ0) is 15.6. The number of alkyl halides is 3. The highest BCUT2D eigenvalue weighted by Gasteiger charge is 2.30. The number of nitrogens with two attached hydrogens (primary N) is 1. The first-order valence-corrected chi connectivity index (χ1v) is 6.09. The second-order valence-corrected chi connectivity index (χ2v) is 4.60. The van der Waals surface area contributed by atoms with Crippen molar-refractivity contribution in [3.8, 4) is 16.9 Å². The SMILES string of the molecule is NC(=O)c1cc(Cl)cc(-c2ccc(OC(F)(F)F)cc2)c1. The molecule has 7 heteroatoms. The first-order valence-electron chi connectivity index (χ1n) is 5.71. The van der Waals surface area contributed by atoms with Gasteiger partial charge in [0.05, 0.1) is 0 Å². The van der Waals surface area contributed by atoms with Crippen LogP contribution in [0.5, 0.6) is 5.75 Å². The van der Waals surface area contributed by atoms with Gasteiger partial charge in [-0.2, -0.15) is 0 Å². The Kier molecular flexibility index (Phi) is 4.09. The molecule has 2 aromatic carbocycles. The van der Waals surface area contributed by atoms with Crippen LogP contribution in [-0.2, 0) is 0 Å². The highest BCUT2D eigenvalue weighted by molar-refractivity contribution is 6.31. The van der Waals surface area contributed by atoms with E-state index in [9.17, 15) is 18.0 Å². The zero-order valence-electron chi connectivity index (χ0n) is 10.4. The minimum atomic E-state index is -4.74. The molecule has 0 saturated heterocycles. The fourth-order valence-corrected chi connectivity index (χ4v) is 1.98. The van der Waals surface area contributed by atoms with Gasteiger partial charge in [-0.25, -0.2) is 0 Å². The maximum absolute atomic E-state index is 12.1. The van der Waals surface area contributed by atoms with Crippen molar-refractivity contribution in [3.05, 3.63) is 53.1 Å². The summed E-state index contributed by atoms with van der Waals surface area (Å²) in [5.41, 5.74) is 6.54. The van der Waals surface area contributed by atoms with Crippen molar-refractivity contribution in [1.29, 1.82) is 0 Å². The van der Waals surface area contributed by atoms with Crippen LogP contribution in [0.4, 0.5) is 13.2 Å². The van der Waals surface area contributed by atoms with E-state index in [2.05, 4.69) is 4.74 Å². The van der Waals surface area contributed by atoms with Gasteiger partial charge < -0.3 is 10.5 Å². The molecule has 0 aliphatic carbocycles. The van der Waals surface area contributed by atoms with Crippen LogP contribution < -0.4 is 10.5 Å². The van der Waals surface area contributed by atoms with Crippen LogP contribution in [0.1, 0.15) is 10.4 Å². The molecular weight excluding hydrogens is 307 g/mol. The molecule has 0 bridgehead atoms. The molecule has 21 heavy (non-hydrogen) atoms. The normalized spacial score (nSPS) is 11.2. The molecule has 3 nitrogen and oxygen atoms in total. The van der Waals surface area contributed by atoms with Gasteiger partial charge in [-0.3, -0.25) is 4.79 Å². The number of ether oxygens (including phenoxy) is 1. The monoisotopic (exact) mass is 315 g/mol. The second kappa shape index (κ2) is 5.65. The minimum absolute atomic E-state index is 0.216. The number of halogens is 4. The van der Waals surface area contributed by atoms with Crippen LogP contribution in [0.25, 0.3) is 11.1 Å². The summed E-state index contributed by atoms with van der Waals surface area (Å²) in [6.07, 6.45) is -4.74. The lowest BCUT2D eigenvalue weighted by Crippen LogP contribution is -2.16. The first-order chi connectivity index (χ1) is 9.74. The molecule has 1 amide bonds. The number of primary amides is 1. The van der Waals surface area contributed by atoms with E-state index >= 15 is 0 Å². The third-order valence-electron chi connectivity index (χ3n) is 2.60. The molecule has 0 heterocycles. The predicted octanol–water partition coefficient (Wildman–Crippen LogP) is 4.00. The molecule has 0 fully saturated rings. The fourth-order valence-electron chi connectivity index (χ4n) is 1.75. The maximum atomic E-state index is 12.1. The molecule has 0 saturated carbocycles. The Hall–Kier alpha value is -2.21.